The highest BCUT2D eigenvalue weighted by Gasteiger charge is 2.38. The van der Waals surface area contributed by atoms with Crippen LogP contribution in [-0.2, 0) is 4.74 Å². The Morgan fingerprint density at radius 2 is 2.47 bits per heavy atom. The largest absolute Gasteiger partial charge is 0.383 e. The zero-order valence-electron chi connectivity index (χ0n) is 9.08. The summed E-state index contributed by atoms with van der Waals surface area (Å²) < 4.78 is 6.58. The van der Waals surface area contributed by atoms with Gasteiger partial charge in [-0.15, -0.1) is 0 Å². The van der Waals surface area contributed by atoms with Gasteiger partial charge in [-0.2, -0.15) is 0 Å². The van der Waals surface area contributed by atoms with E-state index in [1.54, 1.807) is 0 Å². The van der Waals surface area contributed by atoms with Crippen molar-refractivity contribution in [2.24, 2.45) is 0 Å². The van der Waals surface area contributed by atoms with Gasteiger partial charge in [0.15, 0.2) is 0 Å². The fourth-order valence-electron chi connectivity index (χ4n) is 2.14. The molecule has 0 aromatic rings. The predicted molar refractivity (Wildman–Crippen MR) is 62.5 cm³/mol. The van der Waals surface area contributed by atoms with Gasteiger partial charge in [0.1, 0.15) is 11.8 Å². The SMILES string of the molecule is CCC1(O)CN(C2CCCCO2)C=C1Br. The minimum atomic E-state index is -0.708. The lowest BCUT2D eigenvalue weighted by Gasteiger charge is -2.33. The molecule has 0 saturated carbocycles. The van der Waals surface area contributed by atoms with Gasteiger partial charge >= 0.3 is 0 Å². The van der Waals surface area contributed by atoms with Crippen molar-refractivity contribution in [3.8, 4) is 0 Å². The Hall–Kier alpha value is -0.0600. The molecule has 0 aromatic carbocycles. The van der Waals surface area contributed by atoms with Gasteiger partial charge in [0.2, 0.25) is 0 Å². The highest BCUT2D eigenvalue weighted by molar-refractivity contribution is 9.11. The van der Waals surface area contributed by atoms with Crippen LogP contribution in [0, 0.1) is 0 Å². The molecule has 2 rings (SSSR count). The minimum absolute atomic E-state index is 0.159. The number of hydrogen-bond acceptors (Lipinski definition) is 3. The first kappa shape index (κ1) is 11.4. The van der Waals surface area contributed by atoms with Gasteiger partial charge in [-0.05, 0) is 25.7 Å². The highest BCUT2D eigenvalue weighted by atomic mass is 79.9. The fourth-order valence-corrected chi connectivity index (χ4v) is 2.81. The lowest BCUT2D eigenvalue weighted by atomic mass is 10.0. The number of rotatable bonds is 2. The van der Waals surface area contributed by atoms with E-state index in [4.69, 9.17) is 4.74 Å². The summed E-state index contributed by atoms with van der Waals surface area (Å²) in [5.74, 6) is 0. The molecule has 1 fully saturated rings. The number of ether oxygens (including phenoxy) is 1. The lowest BCUT2D eigenvalue weighted by Crippen LogP contribution is -2.41. The van der Waals surface area contributed by atoms with E-state index in [1.165, 1.54) is 6.42 Å². The fraction of sp³-hybridized carbons (Fsp3) is 0.818. The normalized spacial score (nSPS) is 36.9. The van der Waals surface area contributed by atoms with Crippen LogP contribution in [0.4, 0.5) is 0 Å². The molecule has 2 heterocycles. The molecule has 4 heteroatoms. The van der Waals surface area contributed by atoms with Crippen LogP contribution in [0.3, 0.4) is 0 Å². The van der Waals surface area contributed by atoms with Gasteiger partial charge in [0.25, 0.3) is 0 Å². The summed E-state index contributed by atoms with van der Waals surface area (Å²) in [6, 6.07) is 0. The van der Waals surface area contributed by atoms with Crippen molar-refractivity contribution in [2.45, 2.75) is 44.4 Å². The first-order chi connectivity index (χ1) is 7.15. The number of aliphatic hydroxyl groups is 1. The van der Waals surface area contributed by atoms with Gasteiger partial charge in [-0.25, -0.2) is 0 Å². The number of halogens is 1. The molecule has 15 heavy (non-hydrogen) atoms. The Kier molecular flexibility index (Phi) is 3.38. The van der Waals surface area contributed by atoms with Crippen molar-refractivity contribution in [3.05, 3.63) is 10.7 Å². The summed E-state index contributed by atoms with van der Waals surface area (Å²) in [7, 11) is 0. The molecular weight excluding hydrogens is 258 g/mol. The zero-order chi connectivity index (χ0) is 10.9. The Morgan fingerprint density at radius 1 is 1.67 bits per heavy atom. The molecule has 86 valence electrons. The van der Waals surface area contributed by atoms with Gasteiger partial charge in [-0.1, -0.05) is 22.9 Å². The third-order valence-corrected chi connectivity index (χ3v) is 4.22. The van der Waals surface area contributed by atoms with E-state index in [9.17, 15) is 5.11 Å². The Labute approximate surface area is 99.2 Å². The van der Waals surface area contributed by atoms with Gasteiger partial charge in [0.05, 0.1) is 6.54 Å². The van der Waals surface area contributed by atoms with E-state index >= 15 is 0 Å². The first-order valence-corrected chi connectivity index (χ1v) is 6.42. The molecule has 0 bridgehead atoms. The summed E-state index contributed by atoms with van der Waals surface area (Å²) in [6.45, 7) is 3.49. The van der Waals surface area contributed by atoms with E-state index in [1.807, 2.05) is 13.1 Å². The minimum Gasteiger partial charge on any atom is -0.383 e. The molecule has 2 unspecified atom stereocenters. The van der Waals surface area contributed by atoms with E-state index < -0.39 is 5.60 Å². The maximum Gasteiger partial charge on any atom is 0.129 e. The number of nitrogens with zero attached hydrogens (tertiary/aromatic N) is 1. The van der Waals surface area contributed by atoms with Crippen LogP contribution >= 0.6 is 15.9 Å². The first-order valence-electron chi connectivity index (χ1n) is 5.63. The molecule has 0 spiro atoms. The molecule has 3 nitrogen and oxygen atoms in total. The van der Waals surface area contributed by atoms with E-state index in [-0.39, 0.29) is 6.23 Å². The molecule has 0 amide bonds. The Bertz CT molecular complexity index is 263. The van der Waals surface area contributed by atoms with Crippen LogP contribution in [0.5, 0.6) is 0 Å². The molecule has 1 saturated heterocycles. The van der Waals surface area contributed by atoms with Crippen molar-refractivity contribution in [3.63, 3.8) is 0 Å². The topological polar surface area (TPSA) is 32.7 Å². The average molecular weight is 276 g/mol. The van der Waals surface area contributed by atoms with Crippen LogP contribution in [0.1, 0.15) is 32.6 Å². The molecule has 1 N–H and O–H groups in total. The maximum absolute atomic E-state index is 10.3. The molecule has 0 aliphatic carbocycles. The lowest BCUT2D eigenvalue weighted by molar-refractivity contribution is -0.0772. The van der Waals surface area contributed by atoms with Crippen LogP contribution in [0.2, 0.25) is 0 Å². The van der Waals surface area contributed by atoms with Gasteiger partial charge in [-0.3, -0.25) is 0 Å². The Balaban J connectivity index is 2.02. The third kappa shape index (κ3) is 2.22. The van der Waals surface area contributed by atoms with Crippen molar-refractivity contribution < 1.29 is 9.84 Å². The predicted octanol–water partition coefficient (Wildman–Crippen LogP) is 2.21. The van der Waals surface area contributed by atoms with Crippen LogP contribution in [0.15, 0.2) is 10.7 Å². The molecule has 0 aromatic heterocycles. The van der Waals surface area contributed by atoms with E-state index in [0.29, 0.717) is 6.54 Å². The van der Waals surface area contributed by atoms with Crippen molar-refractivity contribution in [1.29, 1.82) is 0 Å². The van der Waals surface area contributed by atoms with Crippen LogP contribution in [0.25, 0.3) is 0 Å². The van der Waals surface area contributed by atoms with E-state index in [2.05, 4.69) is 20.8 Å². The van der Waals surface area contributed by atoms with Crippen molar-refractivity contribution in [1.82, 2.24) is 4.90 Å². The standard InChI is InChI=1S/C11H18BrNO2/c1-2-11(14)8-13(7-9(11)12)10-5-3-4-6-15-10/h7,10,14H,2-6,8H2,1H3. The molecule has 2 aliphatic heterocycles. The highest BCUT2D eigenvalue weighted by Crippen LogP contribution is 2.35. The van der Waals surface area contributed by atoms with E-state index in [0.717, 1.165) is 30.4 Å². The van der Waals surface area contributed by atoms with Crippen molar-refractivity contribution >= 4 is 15.9 Å². The molecule has 2 atom stereocenters. The molecule has 0 radical (unpaired) electrons. The summed E-state index contributed by atoms with van der Waals surface area (Å²) in [5, 5.41) is 10.3. The molecule has 2 aliphatic rings. The third-order valence-electron chi connectivity index (χ3n) is 3.28. The molecular formula is C11H18BrNO2. The van der Waals surface area contributed by atoms with Gasteiger partial charge < -0.3 is 14.7 Å². The summed E-state index contributed by atoms with van der Waals surface area (Å²) in [6.07, 6.45) is 6.32. The summed E-state index contributed by atoms with van der Waals surface area (Å²) in [5.41, 5.74) is -0.708. The monoisotopic (exact) mass is 275 g/mol. The second-order valence-corrected chi connectivity index (χ2v) is 5.21. The smallest absolute Gasteiger partial charge is 0.129 e. The summed E-state index contributed by atoms with van der Waals surface area (Å²) in [4.78, 5) is 2.12. The van der Waals surface area contributed by atoms with Gasteiger partial charge in [0, 0.05) is 17.3 Å². The number of β-amino-alcohol motifs (C(OH)–C–C–N with tert-alkyl or cyclic N) is 1. The van der Waals surface area contributed by atoms with Crippen LogP contribution < -0.4 is 0 Å². The van der Waals surface area contributed by atoms with Crippen molar-refractivity contribution in [2.75, 3.05) is 13.2 Å². The summed E-state index contributed by atoms with van der Waals surface area (Å²) >= 11 is 3.44. The Morgan fingerprint density at radius 3 is 3.00 bits per heavy atom. The average Bonchev–Trinajstić information content (AvgIpc) is 2.58. The quantitative estimate of drug-likeness (QED) is 0.839. The second-order valence-electron chi connectivity index (χ2n) is 4.36. The second kappa shape index (κ2) is 4.44. The zero-order valence-corrected chi connectivity index (χ0v) is 10.7. The van der Waals surface area contributed by atoms with Crippen LogP contribution in [-0.4, -0.2) is 35.0 Å². The number of hydrogen-bond donors (Lipinski definition) is 1. The maximum atomic E-state index is 10.3.